The Morgan fingerprint density at radius 1 is 1.06 bits per heavy atom. The largest absolute Gasteiger partial charge is 0.497 e. The van der Waals surface area contributed by atoms with E-state index in [2.05, 4.69) is 9.55 Å². The average molecular weight is 495 g/mol. The van der Waals surface area contributed by atoms with Crippen LogP contribution in [-0.2, 0) is 16.1 Å². The minimum Gasteiger partial charge on any atom is -0.497 e. The summed E-state index contributed by atoms with van der Waals surface area (Å²) in [5, 5.41) is 16.1. The van der Waals surface area contributed by atoms with Gasteiger partial charge < -0.3 is 24.3 Å². The maximum absolute atomic E-state index is 9.10. The van der Waals surface area contributed by atoms with Crippen LogP contribution in [0.25, 0.3) is 0 Å². The van der Waals surface area contributed by atoms with Gasteiger partial charge in [0.05, 0.1) is 20.0 Å². The van der Waals surface area contributed by atoms with Crippen molar-refractivity contribution in [1.29, 1.82) is 0 Å². The number of hydrogen-bond donors (Lipinski definition) is 2. The first-order chi connectivity index (χ1) is 15.8. The number of ether oxygens (including phenoxy) is 2. The van der Waals surface area contributed by atoms with Crippen molar-refractivity contribution in [2.75, 3.05) is 13.7 Å². The Morgan fingerprint density at radius 2 is 1.73 bits per heavy atom. The number of imidazole rings is 1. The highest BCUT2D eigenvalue weighted by atomic mass is 35.5. The van der Waals surface area contributed by atoms with Crippen LogP contribution in [0, 0.1) is 0 Å². The highest BCUT2D eigenvalue weighted by Gasteiger charge is 2.16. The Labute approximate surface area is 201 Å². The summed E-state index contributed by atoms with van der Waals surface area (Å²) in [6.07, 6.45) is 7.42. The molecule has 1 aromatic heterocycles. The molecule has 0 saturated heterocycles. The maximum Gasteiger partial charge on any atom is 0.414 e. The van der Waals surface area contributed by atoms with Gasteiger partial charge in [0.15, 0.2) is 0 Å². The summed E-state index contributed by atoms with van der Waals surface area (Å²) in [6.45, 7) is 1.45. The second-order valence-electron chi connectivity index (χ2n) is 6.90. The fourth-order valence-electron chi connectivity index (χ4n) is 3.02. The van der Waals surface area contributed by atoms with E-state index in [1.165, 1.54) is 0 Å². The highest BCUT2D eigenvalue weighted by molar-refractivity contribution is 6.35. The molecule has 3 aromatic rings. The van der Waals surface area contributed by atoms with E-state index in [1.807, 2.05) is 48.9 Å². The van der Waals surface area contributed by atoms with Crippen molar-refractivity contribution < 1.29 is 29.3 Å². The maximum atomic E-state index is 9.10. The number of rotatable bonds is 9. The van der Waals surface area contributed by atoms with Crippen molar-refractivity contribution in [1.82, 2.24) is 9.55 Å². The summed E-state index contributed by atoms with van der Waals surface area (Å²) in [7, 11) is 1.65. The molecule has 0 radical (unpaired) electrons. The zero-order valence-corrected chi connectivity index (χ0v) is 19.4. The van der Waals surface area contributed by atoms with Crippen molar-refractivity contribution in [2.24, 2.45) is 0 Å². The molecular formula is C23H24Cl2N2O6. The van der Waals surface area contributed by atoms with Gasteiger partial charge in [-0.2, -0.15) is 0 Å². The standard InChI is InChI=1S/C21H22Cl2N2O2.C2H2O4/c1-26-18-5-7-19(8-6-18)27-12-2-3-16(14-25-11-10-24-15-25)20-9-4-17(22)13-21(20)23;3-1(4)2(5)6/h4-11,13,15-16H,2-3,12,14H2,1H3;(H,3,4)(H,5,6). The van der Waals surface area contributed by atoms with E-state index in [1.54, 1.807) is 19.4 Å². The van der Waals surface area contributed by atoms with E-state index >= 15 is 0 Å². The molecule has 1 unspecified atom stereocenters. The van der Waals surface area contributed by atoms with E-state index < -0.39 is 11.9 Å². The van der Waals surface area contributed by atoms with Gasteiger partial charge in [0.2, 0.25) is 0 Å². The third-order valence-electron chi connectivity index (χ3n) is 4.60. The Bertz CT molecular complexity index is 1010. The number of carboxylic acid groups (broad SMARTS) is 2. The topological polar surface area (TPSA) is 111 Å². The predicted molar refractivity (Wildman–Crippen MR) is 124 cm³/mol. The van der Waals surface area contributed by atoms with Crippen molar-refractivity contribution in [3.63, 3.8) is 0 Å². The van der Waals surface area contributed by atoms with E-state index in [-0.39, 0.29) is 5.92 Å². The summed E-state index contributed by atoms with van der Waals surface area (Å²) < 4.78 is 13.1. The fourth-order valence-corrected chi connectivity index (χ4v) is 3.58. The van der Waals surface area contributed by atoms with Gasteiger partial charge in [-0.25, -0.2) is 14.6 Å². The van der Waals surface area contributed by atoms with Gasteiger partial charge in [-0.1, -0.05) is 29.3 Å². The number of carboxylic acids is 2. The number of carbonyl (C=O) groups is 2. The lowest BCUT2D eigenvalue weighted by Gasteiger charge is -2.20. The molecule has 0 fully saturated rings. The molecule has 2 N–H and O–H groups in total. The van der Waals surface area contributed by atoms with Gasteiger partial charge in [-0.15, -0.1) is 0 Å². The molecule has 176 valence electrons. The molecule has 0 spiro atoms. The number of aliphatic carboxylic acids is 2. The van der Waals surface area contributed by atoms with Gasteiger partial charge in [0.25, 0.3) is 0 Å². The fraction of sp³-hybridized carbons (Fsp3) is 0.261. The Balaban J connectivity index is 0.000000569. The molecule has 3 rings (SSSR count). The van der Waals surface area contributed by atoms with Gasteiger partial charge in [0.1, 0.15) is 11.5 Å². The van der Waals surface area contributed by atoms with Gasteiger partial charge in [0, 0.05) is 34.9 Å². The van der Waals surface area contributed by atoms with E-state index in [9.17, 15) is 0 Å². The average Bonchev–Trinajstić information content (AvgIpc) is 3.30. The van der Waals surface area contributed by atoms with Crippen LogP contribution in [0.4, 0.5) is 0 Å². The zero-order chi connectivity index (χ0) is 24.2. The third-order valence-corrected chi connectivity index (χ3v) is 5.16. The highest BCUT2D eigenvalue weighted by Crippen LogP contribution is 2.32. The summed E-state index contributed by atoms with van der Waals surface area (Å²) in [4.78, 5) is 22.3. The van der Waals surface area contributed by atoms with Crippen molar-refractivity contribution in [2.45, 2.75) is 25.3 Å². The molecular weight excluding hydrogens is 471 g/mol. The molecule has 2 aromatic carbocycles. The van der Waals surface area contributed by atoms with Gasteiger partial charge >= 0.3 is 11.9 Å². The summed E-state index contributed by atoms with van der Waals surface area (Å²) in [5.74, 6) is -1.74. The summed E-state index contributed by atoms with van der Waals surface area (Å²) in [6, 6.07) is 13.3. The molecule has 1 heterocycles. The molecule has 0 amide bonds. The van der Waals surface area contributed by atoms with Crippen LogP contribution in [0.15, 0.2) is 61.2 Å². The minimum absolute atomic E-state index is 0.253. The lowest BCUT2D eigenvalue weighted by Crippen LogP contribution is -2.10. The number of nitrogens with zero attached hydrogens (tertiary/aromatic N) is 2. The Morgan fingerprint density at radius 3 is 2.27 bits per heavy atom. The van der Waals surface area contributed by atoms with Crippen LogP contribution in [0.3, 0.4) is 0 Å². The number of methoxy groups -OCH3 is 1. The molecule has 0 bridgehead atoms. The molecule has 0 saturated carbocycles. The minimum atomic E-state index is -1.82. The van der Waals surface area contributed by atoms with Crippen LogP contribution in [-0.4, -0.2) is 45.4 Å². The second-order valence-corrected chi connectivity index (χ2v) is 7.74. The first kappa shape index (κ1) is 26.0. The molecule has 0 aliphatic heterocycles. The molecule has 0 aliphatic carbocycles. The number of aromatic nitrogens is 2. The van der Waals surface area contributed by atoms with Gasteiger partial charge in [-0.3, -0.25) is 0 Å². The second kappa shape index (κ2) is 13.3. The molecule has 1 atom stereocenters. The molecule has 10 heteroatoms. The van der Waals surface area contributed by atoms with Crippen molar-refractivity contribution >= 4 is 35.1 Å². The van der Waals surface area contributed by atoms with E-state index in [0.29, 0.717) is 16.7 Å². The normalized spacial score (nSPS) is 11.1. The smallest absolute Gasteiger partial charge is 0.414 e. The van der Waals surface area contributed by atoms with Crippen LogP contribution in [0.5, 0.6) is 11.5 Å². The third kappa shape index (κ3) is 9.03. The summed E-state index contributed by atoms with van der Waals surface area (Å²) in [5.41, 5.74) is 1.10. The van der Waals surface area contributed by atoms with Crippen LogP contribution < -0.4 is 9.47 Å². The lowest BCUT2D eigenvalue weighted by atomic mass is 9.94. The number of benzene rings is 2. The predicted octanol–water partition coefficient (Wildman–Crippen LogP) is 5.00. The SMILES string of the molecule is COc1ccc(OCCCC(Cn2ccnc2)c2ccc(Cl)cc2Cl)cc1.O=C(O)C(=O)O. The Kier molecular flexibility index (Phi) is 10.5. The van der Waals surface area contributed by atoms with E-state index in [4.69, 9.17) is 52.5 Å². The molecule has 0 aliphatic rings. The molecule has 33 heavy (non-hydrogen) atoms. The number of hydrogen-bond acceptors (Lipinski definition) is 5. The van der Waals surface area contributed by atoms with Gasteiger partial charge in [-0.05, 0) is 54.8 Å². The zero-order valence-electron chi connectivity index (χ0n) is 17.9. The van der Waals surface area contributed by atoms with Crippen molar-refractivity contribution in [3.05, 3.63) is 76.8 Å². The first-order valence-corrected chi connectivity index (χ1v) is 10.7. The van der Waals surface area contributed by atoms with Crippen LogP contribution >= 0.6 is 23.2 Å². The van der Waals surface area contributed by atoms with E-state index in [0.717, 1.165) is 36.4 Å². The lowest BCUT2D eigenvalue weighted by molar-refractivity contribution is -0.159. The quantitative estimate of drug-likeness (QED) is 0.318. The van der Waals surface area contributed by atoms with Crippen LogP contribution in [0.1, 0.15) is 24.3 Å². The van der Waals surface area contributed by atoms with Crippen molar-refractivity contribution in [3.8, 4) is 11.5 Å². The first-order valence-electron chi connectivity index (χ1n) is 9.94. The molecule has 8 nitrogen and oxygen atoms in total. The number of halogens is 2. The van der Waals surface area contributed by atoms with Crippen LogP contribution in [0.2, 0.25) is 10.0 Å². The summed E-state index contributed by atoms with van der Waals surface area (Å²) >= 11 is 12.5. The monoisotopic (exact) mass is 494 g/mol. The Hall–Kier alpha value is -3.23.